The predicted molar refractivity (Wildman–Crippen MR) is 64.1 cm³/mol. The minimum Gasteiger partial charge on any atom is -0.466 e. The van der Waals surface area contributed by atoms with Crippen LogP contribution in [0.3, 0.4) is 0 Å². The fourth-order valence-corrected chi connectivity index (χ4v) is 1.55. The number of nitrogens with zero attached hydrogens (tertiary/aromatic N) is 1. The quantitative estimate of drug-likeness (QED) is 0.471. The number of hydrogen-bond donors (Lipinski definition) is 1. The Morgan fingerprint density at radius 2 is 2.28 bits per heavy atom. The van der Waals surface area contributed by atoms with Gasteiger partial charge in [-0.15, -0.1) is 0 Å². The van der Waals surface area contributed by atoms with Crippen LogP contribution in [0.5, 0.6) is 0 Å². The lowest BCUT2D eigenvalue weighted by Gasteiger charge is -2.09. The standard InChI is InChI=1S/C12H15NO5/c1-2-18-12(15)8-11(14)7-9-4-3-5-10(6-9)13(16)17/h3-6,11,14H,2,7-8H2,1H3. The van der Waals surface area contributed by atoms with E-state index in [1.807, 2.05) is 0 Å². The Bertz CT molecular complexity index is 432. The average molecular weight is 253 g/mol. The summed E-state index contributed by atoms with van der Waals surface area (Å²) >= 11 is 0. The Hall–Kier alpha value is -1.95. The lowest BCUT2D eigenvalue weighted by atomic mass is 10.1. The molecular formula is C12H15NO5. The summed E-state index contributed by atoms with van der Waals surface area (Å²) < 4.78 is 4.71. The maximum atomic E-state index is 11.1. The summed E-state index contributed by atoms with van der Waals surface area (Å²) in [5.74, 6) is -0.476. The van der Waals surface area contributed by atoms with Crippen LogP contribution >= 0.6 is 0 Å². The predicted octanol–water partition coefficient (Wildman–Crippen LogP) is 1.45. The van der Waals surface area contributed by atoms with E-state index in [1.54, 1.807) is 19.1 Å². The molecule has 0 amide bonds. The second-order valence-corrected chi connectivity index (χ2v) is 3.79. The van der Waals surface area contributed by atoms with Gasteiger partial charge in [0.15, 0.2) is 0 Å². The molecule has 1 unspecified atom stereocenters. The molecule has 1 N–H and O–H groups in total. The highest BCUT2D eigenvalue weighted by Gasteiger charge is 2.14. The Kier molecular flexibility index (Phi) is 5.26. The van der Waals surface area contributed by atoms with Crippen LogP contribution in [0.15, 0.2) is 24.3 Å². The van der Waals surface area contributed by atoms with Crippen molar-refractivity contribution in [2.24, 2.45) is 0 Å². The highest BCUT2D eigenvalue weighted by Crippen LogP contribution is 2.15. The van der Waals surface area contributed by atoms with Gasteiger partial charge in [-0.05, 0) is 18.9 Å². The van der Waals surface area contributed by atoms with Gasteiger partial charge in [0, 0.05) is 12.1 Å². The molecule has 1 aromatic carbocycles. The molecule has 1 aromatic rings. The van der Waals surface area contributed by atoms with Crippen LogP contribution in [0.1, 0.15) is 18.9 Å². The molecule has 0 radical (unpaired) electrons. The maximum absolute atomic E-state index is 11.1. The summed E-state index contributed by atoms with van der Waals surface area (Å²) in [4.78, 5) is 21.2. The van der Waals surface area contributed by atoms with Crippen LogP contribution in [0.2, 0.25) is 0 Å². The van der Waals surface area contributed by atoms with Gasteiger partial charge >= 0.3 is 5.97 Å². The van der Waals surface area contributed by atoms with E-state index in [0.717, 1.165) is 0 Å². The number of ether oxygens (including phenoxy) is 1. The molecule has 6 nitrogen and oxygen atoms in total. The largest absolute Gasteiger partial charge is 0.466 e. The number of benzene rings is 1. The van der Waals surface area contributed by atoms with E-state index in [2.05, 4.69) is 0 Å². The highest BCUT2D eigenvalue weighted by molar-refractivity contribution is 5.69. The van der Waals surface area contributed by atoms with Crippen molar-refractivity contribution in [2.45, 2.75) is 25.9 Å². The highest BCUT2D eigenvalue weighted by atomic mass is 16.6. The van der Waals surface area contributed by atoms with Crippen molar-refractivity contribution in [3.63, 3.8) is 0 Å². The van der Waals surface area contributed by atoms with E-state index in [4.69, 9.17) is 4.74 Å². The molecule has 1 rings (SSSR count). The number of carbonyl (C=O) groups is 1. The van der Waals surface area contributed by atoms with Gasteiger partial charge in [0.2, 0.25) is 0 Å². The molecule has 98 valence electrons. The molecule has 18 heavy (non-hydrogen) atoms. The first-order valence-corrected chi connectivity index (χ1v) is 5.60. The van der Waals surface area contributed by atoms with Gasteiger partial charge in [-0.3, -0.25) is 14.9 Å². The summed E-state index contributed by atoms with van der Waals surface area (Å²) in [6.07, 6.45) is -0.831. The summed E-state index contributed by atoms with van der Waals surface area (Å²) in [7, 11) is 0. The molecule has 0 aliphatic heterocycles. The van der Waals surface area contributed by atoms with Gasteiger partial charge < -0.3 is 9.84 Å². The molecule has 0 aliphatic rings. The lowest BCUT2D eigenvalue weighted by Crippen LogP contribution is -2.18. The maximum Gasteiger partial charge on any atom is 0.308 e. The number of nitro benzene ring substituents is 1. The third-order valence-corrected chi connectivity index (χ3v) is 2.30. The number of aliphatic hydroxyl groups excluding tert-OH is 1. The third-order valence-electron chi connectivity index (χ3n) is 2.30. The van der Waals surface area contributed by atoms with Gasteiger partial charge in [0.25, 0.3) is 5.69 Å². The van der Waals surface area contributed by atoms with Crippen molar-refractivity contribution in [1.29, 1.82) is 0 Å². The Morgan fingerprint density at radius 3 is 2.89 bits per heavy atom. The fourth-order valence-electron chi connectivity index (χ4n) is 1.55. The topological polar surface area (TPSA) is 89.7 Å². The molecule has 0 aromatic heterocycles. The number of esters is 1. The van der Waals surface area contributed by atoms with Gasteiger partial charge in [-0.25, -0.2) is 0 Å². The second-order valence-electron chi connectivity index (χ2n) is 3.79. The van der Waals surface area contributed by atoms with Crippen molar-refractivity contribution in [1.82, 2.24) is 0 Å². The van der Waals surface area contributed by atoms with Crippen LogP contribution in [0, 0.1) is 10.1 Å². The summed E-state index contributed by atoms with van der Waals surface area (Å²) in [5, 5.41) is 20.2. The zero-order valence-electron chi connectivity index (χ0n) is 10.0. The number of hydrogen-bond acceptors (Lipinski definition) is 5. The zero-order valence-corrected chi connectivity index (χ0v) is 10.0. The third kappa shape index (κ3) is 4.50. The zero-order chi connectivity index (χ0) is 13.5. The molecule has 0 bridgehead atoms. The molecule has 1 atom stereocenters. The van der Waals surface area contributed by atoms with Crippen molar-refractivity contribution in [3.05, 3.63) is 39.9 Å². The van der Waals surface area contributed by atoms with Gasteiger partial charge in [-0.1, -0.05) is 12.1 Å². The number of rotatable bonds is 6. The van der Waals surface area contributed by atoms with Crippen molar-refractivity contribution in [3.8, 4) is 0 Å². The molecule has 0 aliphatic carbocycles. The van der Waals surface area contributed by atoms with Crippen LogP contribution in [-0.2, 0) is 16.0 Å². The van der Waals surface area contributed by atoms with Gasteiger partial charge in [0.1, 0.15) is 0 Å². The Labute approximate surface area is 104 Å². The van der Waals surface area contributed by atoms with E-state index >= 15 is 0 Å². The van der Waals surface area contributed by atoms with E-state index in [1.165, 1.54) is 12.1 Å². The smallest absolute Gasteiger partial charge is 0.308 e. The molecule has 0 spiro atoms. The molecule has 0 saturated heterocycles. The average Bonchev–Trinajstić information content (AvgIpc) is 2.29. The first kappa shape index (κ1) is 14.1. The Balaban J connectivity index is 2.58. The van der Waals surface area contributed by atoms with Crippen LogP contribution < -0.4 is 0 Å². The number of carbonyl (C=O) groups excluding carboxylic acids is 1. The van der Waals surface area contributed by atoms with Crippen LogP contribution in [0.25, 0.3) is 0 Å². The van der Waals surface area contributed by atoms with Crippen molar-refractivity contribution >= 4 is 11.7 Å². The summed E-state index contributed by atoms with van der Waals surface area (Å²) in [5.41, 5.74) is 0.580. The second kappa shape index (κ2) is 6.70. The number of aliphatic hydroxyl groups is 1. The molecule has 6 heteroatoms. The van der Waals surface area contributed by atoms with E-state index < -0.39 is 17.0 Å². The van der Waals surface area contributed by atoms with E-state index in [9.17, 15) is 20.0 Å². The van der Waals surface area contributed by atoms with E-state index in [-0.39, 0.29) is 25.1 Å². The van der Waals surface area contributed by atoms with Crippen molar-refractivity contribution in [2.75, 3.05) is 6.61 Å². The van der Waals surface area contributed by atoms with Crippen LogP contribution in [-0.4, -0.2) is 28.7 Å². The minimum atomic E-state index is -0.897. The summed E-state index contributed by atoms with van der Waals surface area (Å²) in [6.45, 7) is 1.95. The monoisotopic (exact) mass is 253 g/mol. The van der Waals surface area contributed by atoms with Crippen molar-refractivity contribution < 1.29 is 19.6 Å². The molecule has 0 fully saturated rings. The first-order valence-electron chi connectivity index (χ1n) is 5.60. The molecule has 0 saturated carbocycles. The number of nitro groups is 1. The minimum absolute atomic E-state index is 0.0316. The van der Waals surface area contributed by atoms with E-state index in [0.29, 0.717) is 5.56 Å². The molecular weight excluding hydrogens is 238 g/mol. The van der Waals surface area contributed by atoms with Gasteiger partial charge in [0.05, 0.1) is 24.1 Å². The number of non-ortho nitro benzene ring substituents is 1. The Morgan fingerprint density at radius 1 is 1.56 bits per heavy atom. The summed E-state index contributed by atoms with van der Waals surface area (Å²) in [6, 6.07) is 5.97. The SMILES string of the molecule is CCOC(=O)CC(O)Cc1cccc([N+](=O)[O-])c1. The van der Waals surface area contributed by atoms with Gasteiger partial charge in [-0.2, -0.15) is 0 Å². The van der Waals surface area contributed by atoms with Crippen LogP contribution in [0.4, 0.5) is 5.69 Å². The fraction of sp³-hybridized carbons (Fsp3) is 0.417. The lowest BCUT2D eigenvalue weighted by molar-refractivity contribution is -0.384. The molecule has 0 heterocycles. The normalized spacial score (nSPS) is 11.9. The first-order chi connectivity index (χ1) is 8.52.